The van der Waals surface area contributed by atoms with Crippen LogP contribution >= 0.6 is 23.5 Å². The molecular formula is C10H18N3O14P3. The molecule has 30 heavy (non-hydrogen) atoms. The van der Waals surface area contributed by atoms with Gasteiger partial charge in [0.1, 0.15) is 24.1 Å². The Hall–Kier alpha value is -1.03. The Balaban J connectivity index is 2.09. The van der Waals surface area contributed by atoms with E-state index in [1.807, 2.05) is 0 Å². The lowest BCUT2D eigenvalue weighted by Crippen LogP contribution is -2.37. The van der Waals surface area contributed by atoms with Gasteiger partial charge in [-0.2, -0.15) is 13.6 Å². The average Bonchev–Trinajstić information content (AvgIpc) is 2.85. The van der Waals surface area contributed by atoms with Crippen molar-refractivity contribution >= 4 is 29.3 Å². The molecule has 20 heteroatoms. The summed E-state index contributed by atoms with van der Waals surface area (Å²) >= 11 is 0. The summed E-state index contributed by atoms with van der Waals surface area (Å²) in [6.07, 6.45) is -4.13. The number of aromatic nitrogens is 2. The maximum atomic E-state index is 12.0. The van der Waals surface area contributed by atoms with E-state index in [2.05, 4.69) is 18.1 Å². The Labute approximate surface area is 167 Å². The maximum Gasteiger partial charge on any atom is 0.490 e. The summed E-state index contributed by atoms with van der Waals surface area (Å²) in [5.41, 5.74) is 4.55. The summed E-state index contributed by atoms with van der Waals surface area (Å²) in [6.45, 7) is -0.932. The summed E-state index contributed by atoms with van der Waals surface area (Å²) in [5.74, 6) is -0.0760. The van der Waals surface area contributed by atoms with Crippen LogP contribution < -0.4 is 11.4 Å². The van der Waals surface area contributed by atoms with Crippen molar-refractivity contribution in [3.8, 4) is 0 Å². The molecule has 0 aliphatic carbocycles. The molecule has 2 heterocycles. The largest absolute Gasteiger partial charge is 0.490 e. The van der Waals surface area contributed by atoms with Crippen molar-refractivity contribution in [2.24, 2.45) is 0 Å². The van der Waals surface area contributed by atoms with Crippen LogP contribution in [0.15, 0.2) is 17.1 Å². The lowest BCUT2D eigenvalue weighted by molar-refractivity contribution is -0.0618. The van der Waals surface area contributed by atoms with Crippen LogP contribution in [0.4, 0.5) is 5.82 Å². The predicted molar refractivity (Wildman–Crippen MR) is 93.4 cm³/mol. The van der Waals surface area contributed by atoms with E-state index in [1.165, 1.54) is 19.4 Å². The summed E-state index contributed by atoms with van der Waals surface area (Å²) in [4.78, 5) is 51.0. The Morgan fingerprint density at radius 1 is 1.20 bits per heavy atom. The van der Waals surface area contributed by atoms with Crippen LogP contribution in [0.1, 0.15) is 6.23 Å². The van der Waals surface area contributed by atoms with E-state index in [-0.39, 0.29) is 5.82 Å². The number of nitrogens with two attached hydrogens (primary N) is 1. The van der Waals surface area contributed by atoms with E-state index in [0.29, 0.717) is 0 Å². The van der Waals surface area contributed by atoms with Crippen molar-refractivity contribution in [1.82, 2.24) is 9.55 Å². The van der Waals surface area contributed by atoms with Crippen molar-refractivity contribution in [3.05, 3.63) is 22.7 Å². The number of aliphatic hydroxyl groups excluding tert-OH is 1. The molecule has 1 aliphatic rings. The summed E-state index contributed by atoms with van der Waals surface area (Å²) < 4.78 is 56.6. The number of hydrogen-bond acceptors (Lipinski definition) is 12. The van der Waals surface area contributed by atoms with Crippen LogP contribution in [-0.4, -0.2) is 66.3 Å². The molecule has 6 unspecified atom stereocenters. The number of methoxy groups -OCH3 is 1. The van der Waals surface area contributed by atoms with Crippen LogP contribution in [-0.2, 0) is 36.3 Å². The van der Waals surface area contributed by atoms with Gasteiger partial charge in [-0.15, -0.1) is 0 Å². The molecule has 6 atom stereocenters. The van der Waals surface area contributed by atoms with Crippen molar-refractivity contribution in [2.45, 2.75) is 24.5 Å². The molecule has 0 spiro atoms. The van der Waals surface area contributed by atoms with Crippen LogP contribution in [0.5, 0.6) is 0 Å². The highest BCUT2D eigenvalue weighted by atomic mass is 31.3. The molecule has 0 amide bonds. The lowest BCUT2D eigenvalue weighted by atomic mass is 10.1. The normalized spacial score (nSPS) is 28.7. The second-order valence-corrected chi connectivity index (χ2v) is 10.1. The van der Waals surface area contributed by atoms with Gasteiger partial charge in [-0.3, -0.25) is 9.09 Å². The van der Waals surface area contributed by atoms with Gasteiger partial charge in [-0.05, 0) is 6.07 Å². The number of phosphoric acid groups is 3. The van der Waals surface area contributed by atoms with E-state index in [9.17, 15) is 28.5 Å². The van der Waals surface area contributed by atoms with Gasteiger partial charge < -0.3 is 39.9 Å². The molecule has 2 rings (SSSR count). The first-order valence-corrected chi connectivity index (χ1v) is 12.2. The van der Waals surface area contributed by atoms with Crippen LogP contribution in [0.2, 0.25) is 0 Å². The van der Waals surface area contributed by atoms with Crippen molar-refractivity contribution in [3.63, 3.8) is 0 Å². The molecule has 1 fully saturated rings. The fourth-order valence-corrected chi connectivity index (χ4v) is 5.46. The summed E-state index contributed by atoms with van der Waals surface area (Å²) in [7, 11) is -15.5. The summed E-state index contributed by atoms with van der Waals surface area (Å²) in [6, 6.07) is 1.27. The molecule has 1 aromatic heterocycles. The highest BCUT2D eigenvalue weighted by Gasteiger charge is 2.47. The first kappa shape index (κ1) is 25.2. The van der Waals surface area contributed by atoms with Gasteiger partial charge in [0, 0.05) is 13.3 Å². The predicted octanol–water partition coefficient (Wildman–Crippen LogP) is -1.56. The van der Waals surface area contributed by atoms with Gasteiger partial charge in [0.15, 0.2) is 6.23 Å². The zero-order chi connectivity index (χ0) is 22.9. The fourth-order valence-electron chi connectivity index (χ4n) is 2.43. The highest BCUT2D eigenvalue weighted by Crippen LogP contribution is 2.66. The zero-order valence-corrected chi connectivity index (χ0v) is 17.6. The Morgan fingerprint density at radius 3 is 2.37 bits per heavy atom. The monoisotopic (exact) mass is 497 g/mol. The van der Waals surface area contributed by atoms with Gasteiger partial charge in [0.2, 0.25) is 0 Å². The minimum absolute atomic E-state index is 0.0760. The second-order valence-electron chi connectivity index (χ2n) is 5.69. The number of rotatable bonds is 9. The molecule has 1 saturated heterocycles. The number of nitrogen functional groups attached to an aromatic ring is 1. The van der Waals surface area contributed by atoms with E-state index in [0.717, 1.165) is 4.57 Å². The number of phosphoric ester groups is 1. The number of ether oxygens (including phenoxy) is 2. The molecule has 0 radical (unpaired) electrons. The lowest BCUT2D eigenvalue weighted by Gasteiger charge is -2.20. The van der Waals surface area contributed by atoms with E-state index >= 15 is 0 Å². The van der Waals surface area contributed by atoms with Gasteiger partial charge in [-0.25, -0.2) is 18.5 Å². The van der Waals surface area contributed by atoms with E-state index in [4.69, 9.17) is 29.9 Å². The molecule has 17 nitrogen and oxygen atoms in total. The number of hydrogen-bond donors (Lipinski definition) is 6. The first-order valence-electron chi connectivity index (χ1n) is 7.63. The Bertz CT molecular complexity index is 963. The first-order chi connectivity index (χ1) is 13.6. The standard InChI is InChI=1S/C10H18N3O14P3/c1-23-8-7(14)5(25-9(8)13-3-2-6(11)12-10(13)15)4-24-29(19,20)27-30(21,22)26-28(16,17)18/h2-3,5,7-9,14H,4H2,1H3,(H,19,20)(H,21,22)(H2,11,12,15)(H2,16,17,18). The SMILES string of the molecule is COC1C(O)C(COP(=O)(O)OP(=O)(O)OP(=O)(O)O)OC1n1ccc(N)nc1=O. The molecule has 172 valence electrons. The molecular weight excluding hydrogens is 479 g/mol. The van der Waals surface area contributed by atoms with Crippen molar-refractivity contribution in [1.29, 1.82) is 0 Å². The van der Waals surface area contributed by atoms with Crippen molar-refractivity contribution in [2.75, 3.05) is 19.5 Å². The number of nitrogens with zero attached hydrogens (tertiary/aromatic N) is 2. The third-order valence-electron chi connectivity index (χ3n) is 3.53. The topological polar surface area (TPSA) is 259 Å². The van der Waals surface area contributed by atoms with Gasteiger partial charge >= 0.3 is 29.2 Å². The third-order valence-corrected chi connectivity index (χ3v) is 7.33. The molecule has 0 bridgehead atoms. The smallest absolute Gasteiger partial charge is 0.387 e. The minimum Gasteiger partial charge on any atom is -0.387 e. The second kappa shape index (κ2) is 9.22. The van der Waals surface area contributed by atoms with Crippen LogP contribution in [0.25, 0.3) is 0 Å². The quantitative estimate of drug-likeness (QED) is 0.211. The van der Waals surface area contributed by atoms with Gasteiger partial charge in [-0.1, -0.05) is 0 Å². The average molecular weight is 497 g/mol. The molecule has 1 aliphatic heterocycles. The molecule has 0 aromatic carbocycles. The highest BCUT2D eigenvalue weighted by molar-refractivity contribution is 7.66. The number of anilines is 1. The zero-order valence-electron chi connectivity index (χ0n) is 14.9. The van der Waals surface area contributed by atoms with Crippen LogP contribution in [0.3, 0.4) is 0 Å². The summed E-state index contributed by atoms with van der Waals surface area (Å²) in [5, 5.41) is 10.3. The Kier molecular flexibility index (Phi) is 7.76. The third kappa shape index (κ3) is 6.73. The molecule has 7 N–H and O–H groups in total. The van der Waals surface area contributed by atoms with Crippen LogP contribution in [0, 0.1) is 0 Å². The van der Waals surface area contributed by atoms with E-state index in [1.54, 1.807) is 0 Å². The minimum atomic E-state index is -5.70. The van der Waals surface area contributed by atoms with Gasteiger partial charge in [0.05, 0.1) is 6.61 Å². The Morgan fingerprint density at radius 2 is 1.83 bits per heavy atom. The fraction of sp³-hybridized carbons (Fsp3) is 0.600. The van der Waals surface area contributed by atoms with Gasteiger partial charge in [0.25, 0.3) is 0 Å². The maximum absolute atomic E-state index is 12.0. The van der Waals surface area contributed by atoms with Crippen molar-refractivity contribution < 1.29 is 61.0 Å². The molecule has 0 saturated carbocycles. The molecule has 1 aromatic rings. The number of aliphatic hydroxyl groups is 1. The van der Waals surface area contributed by atoms with E-state index < -0.39 is 60.3 Å².